The van der Waals surface area contributed by atoms with Gasteiger partial charge in [0.25, 0.3) is 0 Å². The van der Waals surface area contributed by atoms with Crippen molar-refractivity contribution in [1.82, 2.24) is 9.78 Å². The second-order valence-electron chi connectivity index (χ2n) is 7.29. The van der Waals surface area contributed by atoms with Crippen molar-refractivity contribution in [2.24, 2.45) is 7.05 Å². The molecule has 2 heterocycles. The Hall–Kier alpha value is -3.94. The summed E-state index contributed by atoms with van der Waals surface area (Å²) in [5.74, 6) is -0.0297. The number of benzene rings is 2. The number of aryl methyl sites for hydroxylation is 1. The molecule has 152 valence electrons. The molecule has 0 unspecified atom stereocenters. The minimum absolute atomic E-state index is 0.167. The van der Waals surface area contributed by atoms with Gasteiger partial charge in [-0.25, -0.2) is 0 Å². The van der Waals surface area contributed by atoms with E-state index in [-0.39, 0.29) is 17.7 Å². The fourth-order valence-electron chi connectivity index (χ4n) is 3.93. The second kappa shape index (κ2) is 7.14. The van der Waals surface area contributed by atoms with Crippen molar-refractivity contribution in [2.45, 2.75) is 19.3 Å². The van der Waals surface area contributed by atoms with Gasteiger partial charge in [0.1, 0.15) is 5.41 Å². The van der Waals surface area contributed by atoms with Crippen LogP contribution in [0.1, 0.15) is 30.5 Å². The number of fused-ring (bicyclic) bond motifs is 1. The fourth-order valence-corrected chi connectivity index (χ4v) is 3.93. The number of rotatable bonds is 4. The number of nitrogens with one attached hydrogen (secondary N) is 3. The first-order chi connectivity index (χ1) is 14.3. The van der Waals surface area contributed by atoms with Crippen LogP contribution in [0.2, 0.25) is 0 Å². The molecular weight excluding hydrogens is 382 g/mol. The van der Waals surface area contributed by atoms with E-state index >= 15 is 0 Å². The first-order valence-electron chi connectivity index (χ1n) is 9.42. The third-order valence-corrected chi connectivity index (χ3v) is 5.08. The molecule has 0 radical (unpaired) electrons. The van der Waals surface area contributed by atoms with Gasteiger partial charge in [-0.15, -0.1) is 0 Å². The van der Waals surface area contributed by atoms with Crippen molar-refractivity contribution in [3.05, 3.63) is 71.4 Å². The largest absolute Gasteiger partial charge is 0.326 e. The Morgan fingerprint density at radius 3 is 1.80 bits per heavy atom. The molecule has 0 aliphatic carbocycles. The lowest BCUT2D eigenvalue weighted by molar-refractivity contribution is -0.118. The normalized spacial score (nSPS) is 14.0. The van der Waals surface area contributed by atoms with Crippen molar-refractivity contribution >= 4 is 34.9 Å². The average molecular weight is 403 g/mol. The highest BCUT2D eigenvalue weighted by atomic mass is 16.2. The van der Waals surface area contributed by atoms with Gasteiger partial charge in [-0.2, -0.15) is 5.10 Å². The molecule has 0 bridgehead atoms. The number of hydrogen-bond acceptors (Lipinski definition) is 4. The van der Waals surface area contributed by atoms with Crippen LogP contribution in [0.4, 0.5) is 17.2 Å². The monoisotopic (exact) mass is 403 g/mol. The molecule has 1 aliphatic heterocycles. The molecule has 1 aromatic heterocycles. The highest BCUT2D eigenvalue weighted by molar-refractivity contribution is 6.10. The van der Waals surface area contributed by atoms with E-state index in [1.165, 1.54) is 13.8 Å². The summed E-state index contributed by atoms with van der Waals surface area (Å²) in [6.07, 6.45) is 1.83. The van der Waals surface area contributed by atoms with Crippen LogP contribution in [0.25, 0.3) is 0 Å². The van der Waals surface area contributed by atoms with Gasteiger partial charge in [-0.05, 0) is 35.4 Å². The third-order valence-electron chi connectivity index (χ3n) is 5.08. The number of hydrogen-bond donors (Lipinski definition) is 3. The van der Waals surface area contributed by atoms with Gasteiger partial charge in [-0.1, -0.05) is 24.3 Å². The van der Waals surface area contributed by atoms with Crippen LogP contribution in [0.5, 0.6) is 0 Å². The number of carbonyl (C=O) groups is 3. The van der Waals surface area contributed by atoms with E-state index in [4.69, 9.17) is 0 Å². The Morgan fingerprint density at radius 2 is 1.37 bits per heavy atom. The maximum Gasteiger partial charge on any atom is 0.245 e. The van der Waals surface area contributed by atoms with Gasteiger partial charge in [-0.3, -0.25) is 19.1 Å². The lowest BCUT2D eigenvalue weighted by atomic mass is 9.71. The SMILES string of the molecule is CC(=O)Nc1ccc(C2(c3ccc(NC(C)=O)cc3)C(=O)Nc3nn(C)cc32)cc1. The molecule has 2 aromatic carbocycles. The van der Waals surface area contributed by atoms with Crippen LogP contribution in [-0.4, -0.2) is 27.5 Å². The summed E-state index contributed by atoms with van der Waals surface area (Å²) in [4.78, 5) is 36.1. The summed E-state index contributed by atoms with van der Waals surface area (Å²) < 4.78 is 1.66. The lowest BCUT2D eigenvalue weighted by Gasteiger charge is -2.28. The van der Waals surface area contributed by atoms with Crippen LogP contribution >= 0.6 is 0 Å². The molecule has 0 saturated heterocycles. The molecule has 8 heteroatoms. The number of nitrogens with zero attached hydrogens (tertiary/aromatic N) is 2. The molecule has 4 rings (SSSR count). The minimum atomic E-state index is -1.10. The van der Waals surface area contributed by atoms with Crippen molar-refractivity contribution < 1.29 is 14.4 Å². The average Bonchev–Trinajstić information content (AvgIpc) is 3.16. The minimum Gasteiger partial charge on any atom is -0.326 e. The maximum absolute atomic E-state index is 13.4. The van der Waals surface area contributed by atoms with E-state index in [9.17, 15) is 14.4 Å². The highest BCUT2D eigenvalue weighted by Gasteiger charge is 2.51. The van der Waals surface area contributed by atoms with E-state index in [1.807, 2.05) is 30.5 Å². The summed E-state index contributed by atoms with van der Waals surface area (Å²) in [6, 6.07) is 14.4. The molecule has 3 N–H and O–H groups in total. The van der Waals surface area contributed by atoms with E-state index in [2.05, 4.69) is 21.0 Å². The van der Waals surface area contributed by atoms with Gasteiger partial charge in [0, 0.05) is 44.0 Å². The van der Waals surface area contributed by atoms with Gasteiger partial charge < -0.3 is 16.0 Å². The molecule has 0 fully saturated rings. The molecule has 0 spiro atoms. The van der Waals surface area contributed by atoms with Crippen molar-refractivity contribution in [3.8, 4) is 0 Å². The molecular formula is C22H21N5O3. The van der Waals surface area contributed by atoms with E-state index in [0.29, 0.717) is 17.2 Å². The number of aromatic nitrogens is 2. The number of amides is 3. The predicted octanol–water partition coefficient (Wildman–Crippen LogP) is 2.62. The van der Waals surface area contributed by atoms with Crippen molar-refractivity contribution in [2.75, 3.05) is 16.0 Å². The van der Waals surface area contributed by atoms with E-state index in [1.54, 1.807) is 36.0 Å². The molecule has 0 atom stereocenters. The number of anilines is 3. The summed E-state index contributed by atoms with van der Waals surface area (Å²) >= 11 is 0. The third kappa shape index (κ3) is 3.12. The molecule has 1 aliphatic rings. The summed E-state index contributed by atoms with van der Waals surface area (Å²) in [5, 5.41) is 12.7. The molecule has 8 nitrogen and oxygen atoms in total. The van der Waals surface area contributed by atoms with Crippen LogP contribution in [0.15, 0.2) is 54.7 Å². The molecule has 0 saturated carbocycles. The highest BCUT2D eigenvalue weighted by Crippen LogP contribution is 2.47. The van der Waals surface area contributed by atoms with Crippen LogP contribution in [0.3, 0.4) is 0 Å². The molecule has 30 heavy (non-hydrogen) atoms. The van der Waals surface area contributed by atoms with E-state index in [0.717, 1.165) is 16.7 Å². The van der Waals surface area contributed by atoms with Crippen LogP contribution in [0, 0.1) is 0 Å². The summed E-state index contributed by atoms with van der Waals surface area (Å²) in [5.41, 5.74) is 2.42. The van der Waals surface area contributed by atoms with Gasteiger partial charge in [0.05, 0.1) is 0 Å². The second-order valence-corrected chi connectivity index (χ2v) is 7.29. The lowest BCUT2D eigenvalue weighted by Crippen LogP contribution is -2.37. The van der Waals surface area contributed by atoms with Crippen molar-refractivity contribution in [3.63, 3.8) is 0 Å². The fraction of sp³-hybridized carbons (Fsp3) is 0.182. The van der Waals surface area contributed by atoms with Crippen LogP contribution < -0.4 is 16.0 Å². The smallest absolute Gasteiger partial charge is 0.245 e. The maximum atomic E-state index is 13.4. The summed E-state index contributed by atoms with van der Waals surface area (Å²) in [6.45, 7) is 2.89. The predicted molar refractivity (Wildman–Crippen MR) is 113 cm³/mol. The van der Waals surface area contributed by atoms with Gasteiger partial charge >= 0.3 is 0 Å². The van der Waals surface area contributed by atoms with Crippen molar-refractivity contribution in [1.29, 1.82) is 0 Å². The zero-order valence-electron chi connectivity index (χ0n) is 16.8. The Kier molecular flexibility index (Phi) is 4.62. The first-order valence-corrected chi connectivity index (χ1v) is 9.42. The number of carbonyl (C=O) groups excluding carboxylic acids is 3. The van der Waals surface area contributed by atoms with Gasteiger partial charge in [0.15, 0.2) is 5.82 Å². The topological polar surface area (TPSA) is 105 Å². The van der Waals surface area contributed by atoms with E-state index < -0.39 is 5.41 Å². The molecule has 3 aromatic rings. The Labute approximate surface area is 173 Å². The standard InChI is InChI=1S/C22H21N5O3/c1-13(28)23-17-8-4-15(5-9-17)22(16-6-10-18(11-7-16)24-14(2)29)19-12-27(3)26-20(19)25-21(22)30/h4-12H,1-3H3,(H,23,28)(H,24,29)(H,25,26,30). The Bertz CT molecular complexity index is 1090. The summed E-state index contributed by atoms with van der Waals surface area (Å²) in [7, 11) is 1.80. The Balaban J connectivity index is 1.87. The molecule has 3 amide bonds. The van der Waals surface area contributed by atoms with Crippen LogP contribution in [-0.2, 0) is 26.8 Å². The zero-order chi connectivity index (χ0) is 21.5. The zero-order valence-corrected chi connectivity index (χ0v) is 16.8. The Morgan fingerprint density at radius 1 is 0.900 bits per heavy atom. The quantitative estimate of drug-likeness (QED) is 0.623. The first kappa shape index (κ1) is 19.4. The van der Waals surface area contributed by atoms with Gasteiger partial charge in [0.2, 0.25) is 17.7 Å².